The van der Waals surface area contributed by atoms with Gasteiger partial charge < -0.3 is 10.2 Å². The van der Waals surface area contributed by atoms with E-state index in [0.717, 1.165) is 18.5 Å². The van der Waals surface area contributed by atoms with Crippen molar-refractivity contribution in [3.05, 3.63) is 0 Å². The number of hydrogen-bond acceptors (Lipinski definition) is 5. The summed E-state index contributed by atoms with van der Waals surface area (Å²) in [5.41, 5.74) is 0. The van der Waals surface area contributed by atoms with Crippen LogP contribution in [0.4, 0.5) is 0 Å². The number of hydrogen-bond donors (Lipinski definition) is 2. The molecule has 1 aliphatic rings. The van der Waals surface area contributed by atoms with Crippen LogP contribution in [0.25, 0.3) is 0 Å². The molecule has 0 bridgehead atoms. The van der Waals surface area contributed by atoms with E-state index < -0.39 is 0 Å². The number of guanidine groups is 2. The zero-order valence-electron chi connectivity index (χ0n) is 10.7. The van der Waals surface area contributed by atoms with Crippen LogP contribution in [0.3, 0.4) is 0 Å². The summed E-state index contributed by atoms with van der Waals surface area (Å²) in [5.74, 6) is 1.70. The Labute approximate surface area is 98.0 Å². The van der Waals surface area contributed by atoms with E-state index in [-0.39, 0.29) is 6.17 Å². The first-order valence-electron chi connectivity index (χ1n) is 5.99. The summed E-state index contributed by atoms with van der Waals surface area (Å²) in [5, 5.41) is 6.19. The fourth-order valence-corrected chi connectivity index (χ4v) is 1.59. The van der Waals surface area contributed by atoms with Crippen LogP contribution in [0, 0.1) is 0 Å². The molecule has 5 heteroatoms. The Morgan fingerprint density at radius 3 is 2.75 bits per heavy atom. The van der Waals surface area contributed by atoms with E-state index in [1.807, 2.05) is 14.0 Å². The minimum atomic E-state index is -0.00711. The van der Waals surface area contributed by atoms with Crippen molar-refractivity contribution in [3.63, 3.8) is 0 Å². The highest BCUT2D eigenvalue weighted by Gasteiger charge is 2.14. The molecule has 1 unspecified atom stereocenters. The molecular formula is C11H23N5. The summed E-state index contributed by atoms with van der Waals surface area (Å²) in [6, 6.07) is 0. The fraction of sp³-hybridized carbons (Fsp3) is 0.818. The second-order valence-corrected chi connectivity index (χ2v) is 4.07. The molecule has 0 fully saturated rings. The first kappa shape index (κ1) is 12.8. The molecule has 0 saturated carbocycles. The van der Waals surface area contributed by atoms with Crippen LogP contribution >= 0.6 is 0 Å². The van der Waals surface area contributed by atoms with Gasteiger partial charge in [-0.2, -0.15) is 0 Å². The predicted octanol–water partition coefficient (Wildman–Crippen LogP) is 0.989. The highest BCUT2D eigenvalue weighted by Crippen LogP contribution is 2.02. The van der Waals surface area contributed by atoms with Gasteiger partial charge in [0.15, 0.2) is 5.96 Å². The Kier molecular flexibility index (Phi) is 5.08. The van der Waals surface area contributed by atoms with Crippen LogP contribution in [0.1, 0.15) is 33.1 Å². The van der Waals surface area contributed by atoms with Crippen molar-refractivity contribution < 1.29 is 0 Å². The molecule has 1 heterocycles. The molecular weight excluding hydrogens is 202 g/mol. The molecule has 92 valence electrons. The largest absolute Gasteiger partial charge is 0.359 e. The van der Waals surface area contributed by atoms with Crippen molar-refractivity contribution >= 4 is 11.9 Å². The van der Waals surface area contributed by atoms with Crippen LogP contribution < -0.4 is 10.6 Å². The van der Waals surface area contributed by atoms with E-state index in [0.29, 0.717) is 0 Å². The van der Waals surface area contributed by atoms with Gasteiger partial charge in [0, 0.05) is 20.6 Å². The molecule has 0 aromatic rings. The van der Waals surface area contributed by atoms with E-state index in [1.54, 1.807) is 0 Å². The van der Waals surface area contributed by atoms with Crippen LogP contribution in [-0.4, -0.2) is 43.6 Å². The SMILES string of the molecule is CCCCCN(C)C1=NC(C)N=C(NC)N1. The Morgan fingerprint density at radius 2 is 2.12 bits per heavy atom. The van der Waals surface area contributed by atoms with Gasteiger partial charge in [0.2, 0.25) is 5.96 Å². The first-order valence-corrected chi connectivity index (χ1v) is 5.99. The van der Waals surface area contributed by atoms with Crippen LogP contribution in [0.2, 0.25) is 0 Å². The Hall–Kier alpha value is -1.26. The van der Waals surface area contributed by atoms with Gasteiger partial charge in [0.1, 0.15) is 6.17 Å². The average molecular weight is 225 g/mol. The van der Waals surface area contributed by atoms with E-state index in [2.05, 4.69) is 39.5 Å². The van der Waals surface area contributed by atoms with Gasteiger partial charge in [-0.1, -0.05) is 19.8 Å². The van der Waals surface area contributed by atoms with Crippen molar-refractivity contribution in [2.45, 2.75) is 39.3 Å². The minimum absolute atomic E-state index is 0.00711. The molecule has 0 spiro atoms. The molecule has 2 N–H and O–H groups in total. The van der Waals surface area contributed by atoms with Crippen LogP contribution in [-0.2, 0) is 0 Å². The summed E-state index contributed by atoms with van der Waals surface area (Å²) < 4.78 is 0. The summed E-state index contributed by atoms with van der Waals surface area (Å²) in [6.45, 7) is 5.23. The molecule has 0 aromatic heterocycles. The van der Waals surface area contributed by atoms with Crippen molar-refractivity contribution in [1.82, 2.24) is 15.5 Å². The van der Waals surface area contributed by atoms with Gasteiger partial charge >= 0.3 is 0 Å². The zero-order chi connectivity index (χ0) is 12.0. The standard InChI is InChI=1S/C11H23N5/c1-5-6-7-8-16(4)11-14-9(2)13-10(12-3)15-11/h9H,5-8H2,1-4H3,(H2,12,13,14,15). The molecule has 0 aromatic carbocycles. The van der Waals surface area contributed by atoms with Gasteiger partial charge in [0.05, 0.1) is 0 Å². The van der Waals surface area contributed by atoms with Crippen molar-refractivity contribution in [3.8, 4) is 0 Å². The number of nitrogens with zero attached hydrogens (tertiary/aromatic N) is 3. The Morgan fingerprint density at radius 1 is 1.38 bits per heavy atom. The minimum Gasteiger partial charge on any atom is -0.359 e. The van der Waals surface area contributed by atoms with Crippen LogP contribution in [0.15, 0.2) is 9.98 Å². The topological polar surface area (TPSA) is 52.0 Å². The normalized spacial score (nSPS) is 19.6. The molecule has 5 nitrogen and oxygen atoms in total. The van der Waals surface area contributed by atoms with Crippen LogP contribution in [0.5, 0.6) is 0 Å². The lowest BCUT2D eigenvalue weighted by atomic mass is 10.2. The lowest BCUT2D eigenvalue weighted by molar-refractivity contribution is 0.458. The molecule has 1 rings (SSSR count). The highest BCUT2D eigenvalue weighted by molar-refractivity contribution is 5.99. The van der Waals surface area contributed by atoms with Gasteiger partial charge in [-0.15, -0.1) is 0 Å². The molecule has 1 aliphatic heterocycles. The zero-order valence-corrected chi connectivity index (χ0v) is 10.7. The number of rotatable bonds is 4. The summed E-state index contributed by atoms with van der Waals surface area (Å²) >= 11 is 0. The summed E-state index contributed by atoms with van der Waals surface area (Å²) in [6.07, 6.45) is 3.70. The lowest BCUT2D eigenvalue weighted by Crippen LogP contribution is -2.49. The third kappa shape index (κ3) is 3.72. The van der Waals surface area contributed by atoms with Crippen molar-refractivity contribution in [2.24, 2.45) is 9.98 Å². The number of unbranched alkanes of at least 4 members (excludes halogenated alkanes) is 2. The van der Waals surface area contributed by atoms with E-state index >= 15 is 0 Å². The van der Waals surface area contributed by atoms with E-state index in [1.165, 1.54) is 19.3 Å². The third-order valence-corrected chi connectivity index (χ3v) is 2.55. The second kappa shape index (κ2) is 6.35. The monoisotopic (exact) mass is 225 g/mol. The maximum Gasteiger partial charge on any atom is 0.202 e. The lowest BCUT2D eigenvalue weighted by Gasteiger charge is -2.26. The van der Waals surface area contributed by atoms with Crippen molar-refractivity contribution in [1.29, 1.82) is 0 Å². The Bertz CT molecular complexity index is 272. The smallest absolute Gasteiger partial charge is 0.202 e. The summed E-state index contributed by atoms with van der Waals surface area (Å²) in [4.78, 5) is 10.9. The fourth-order valence-electron chi connectivity index (χ4n) is 1.59. The Balaban J connectivity index is 2.47. The van der Waals surface area contributed by atoms with Gasteiger partial charge in [-0.05, 0) is 13.3 Å². The quantitative estimate of drug-likeness (QED) is 0.702. The van der Waals surface area contributed by atoms with Gasteiger partial charge in [0.25, 0.3) is 0 Å². The summed E-state index contributed by atoms with van der Waals surface area (Å²) in [7, 11) is 3.92. The molecule has 0 amide bonds. The highest BCUT2D eigenvalue weighted by atomic mass is 15.4. The first-order chi connectivity index (χ1) is 7.67. The second-order valence-electron chi connectivity index (χ2n) is 4.07. The molecule has 16 heavy (non-hydrogen) atoms. The third-order valence-electron chi connectivity index (χ3n) is 2.55. The maximum absolute atomic E-state index is 4.46. The predicted molar refractivity (Wildman–Crippen MR) is 68.7 cm³/mol. The molecule has 0 aliphatic carbocycles. The van der Waals surface area contributed by atoms with E-state index in [9.17, 15) is 0 Å². The van der Waals surface area contributed by atoms with Crippen molar-refractivity contribution in [2.75, 3.05) is 20.6 Å². The molecule has 0 saturated heterocycles. The number of aliphatic imine (C=N–C) groups is 2. The number of nitrogens with one attached hydrogen (secondary N) is 2. The average Bonchev–Trinajstić information content (AvgIpc) is 2.28. The molecule has 0 radical (unpaired) electrons. The maximum atomic E-state index is 4.46. The van der Waals surface area contributed by atoms with Gasteiger partial charge in [-0.3, -0.25) is 5.32 Å². The molecule has 1 atom stereocenters. The van der Waals surface area contributed by atoms with E-state index in [4.69, 9.17) is 0 Å². The van der Waals surface area contributed by atoms with Gasteiger partial charge in [-0.25, -0.2) is 9.98 Å².